The highest BCUT2D eigenvalue weighted by molar-refractivity contribution is 5.95. The van der Waals surface area contributed by atoms with E-state index in [1.807, 2.05) is 11.8 Å². The highest BCUT2D eigenvalue weighted by atomic mass is 16.5. The summed E-state index contributed by atoms with van der Waals surface area (Å²) in [5, 5.41) is 3.04. The van der Waals surface area contributed by atoms with Crippen molar-refractivity contribution in [3.63, 3.8) is 0 Å². The highest BCUT2D eigenvalue weighted by Crippen LogP contribution is 2.18. The quantitative estimate of drug-likeness (QED) is 0.681. The lowest BCUT2D eigenvalue weighted by Gasteiger charge is -2.27. The fourth-order valence-corrected chi connectivity index (χ4v) is 4.53. The van der Waals surface area contributed by atoms with E-state index in [4.69, 9.17) is 9.72 Å². The number of carbonyl (C=O) groups is 2. The SMILES string of the molecule is CC(C(=O)NCCc1nc(N2CCOCC2)ncc1C(=O)N1CCCC1)N1CCCC1. The predicted molar refractivity (Wildman–Crippen MR) is 117 cm³/mol. The van der Waals surface area contributed by atoms with E-state index in [-0.39, 0.29) is 17.9 Å². The molecule has 0 radical (unpaired) electrons. The van der Waals surface area contributed by atoms with Crippen LogP contribution in [0.4, 0.5) is 5.95 Å². The van der Waals surface area contributed by atoms with E-state index in [2.05, 4.69) is 20.1 Å². The van der Waals surface area contributed by atoms with Gasteiger partial charge >= 0.3 is 0 Å². The average molecular weight is 431 g/mol. The number of rotatable bonds is 7. The summed E-state index contributed by atoms with van der Waals surface area (Å²) >= 11 is 0. The molecule has 0 aromatic carbocycles. The van der Waals surface area contributed by atoms with Crippen molar-refractivity contribution < 1.29 is 14.3 Å². The van der Waals surface area contributed by atoms with Crippen LogP contribution in [-0.2, 0) is 16.0 Å². The number of amides is 2. The molecule has 3 aliphatic heterocycles. The van der Waals surface area contributed by atoms with Gasteiger partial charge in [0.05, 0.1) is 30.5 Å². The molecule has 4 heterocycles. The summed E-state index contributed by atoms with van der Waals surface area (Å²) in [5.74, 6) is 0.669. The summed E-state index contributed by atoms with van der Waals surface area (Å²) in [7, 11) is 0. The van der Waals surface area contributed by atoms with Gasteiger partial charge in [0.1, 0.15) is 0 Å². The van der Waals surface area contributed by atoms with Crippen LogP contribution >= 0.6 is 0 Å². The second kappa shape index (κ2) is 10.4. The highest BCUT2D eigenvalue weighted by Gasteiger charge is 2.26. The van der Waals surface area contributed by atoms with Crippen molar-refractivity contribution in [3.05, 3.63) is 17.5 Å². The lowest BCUT2D eigenvalue weighted by Crippen LogP contribution is -2.44. The molecule has 1 aromatic rings. The molecule has 3 aliphatic rings. The minimum atomic E-state index is -0.123. The van der Waals surface area contributed by atoms with E-state index >= 15 is 0 Å². The second-order valence-electron chi connectivity index (χ2n) is 8.59. The van der Waals surface area contributed by atoms with Crippen LogP contribution in [-0.4, -0.2) is 96.7 Å². The van der Waals surface area contributed by atoms with Crippen molar-refractivity contribution in [2.24, 2.45) is 0 Å². The molecule has 4 rings (SSSR count). The molecular formula is C22H34N6O3. The number of hydrogen-bond acceptors (Lipinski definition) is 7. The minimum absolute atomic E-state index is 0.00205. The van der Waals surface area contributed by atoms with Crippen molar-refractivity contribution in [2.75, 3.05) is 63.9 Å². The van der Waals surface area contributed by atoms with Gasteiger partial charge in [-0.15, -0.1) is 0 Å². The number of ether oxygens (including phenoxy) is 1. The second-order valence-corrected chi connectivity index (χ2v) is 8.59. The van der Waals surface area contributed by atoms with Gasteiger partial charge in [0.2, 0.25) is 11.9 Å². The molecule has 2 amide bonds. The molecule has 3 saturated heterocycles. The molecule has 3 fully saturated rings. The number of likely N-dealkylation sites (tertiary alicyclic amines) is 2. The van der Waals surface area contributed by atoms with Gasteiger partial charge in [-0.1, -0.05) is 0 Å². The van der Waals surface area contributed by atoms with Crippen LogP contribution in [0, 0.1) is 0 Å². The average Bonchev–Trinajstić information content (AvgIpc) is 3.53. The molecule has 9 heteroatoms. The van der Waals surface area contributed by atoms with Crippen molar-refractivity contribution in [2.45, 2.75) is 45.1 Å². The van der Waals surface area contributed by atoms with Crippen LogP contribution in [0.1, 0.15) is 48.7 Å². The van der Waals surface area contributed by atoms with Gasteiger partial charge in [0, 0.05) is 45.3 Å². The van der Waals surface area contributed by atoms with Crippen molar-refractivity contribution in [1.82, 2.24) is 25.1 Å². The Morgan fingerprint density at radius 1 is 1.06 bits per heavy atom. The number of morpholine rings is 1. The van der Waals surface area contributed by atoms with Gasteiger partial charge in [-0.3, -0.25) is 14.5 Å². The van der Waals surface area contributed by atoms with Crippen LogP contribution in [0.15, 0.2) is 6.20 Å². The third kappa shape index (κ3) is 5.33. The van der Waals surface area contributed by atoms with Gasteiger partial charge in [-0.25, -0.2) is 9.97 Å². The largest absolute Gasteiger partial charge is 0.378 e. The Bertz CT molecular complexity index is 771. The van der Waals surface area contributed by atoms with E-state index in [9.17, 15) is 9.59 Å². The molecule has 1 aromatic heterocycles. The van der Waals surface area contributed by atoms with Crippen LogP contribution in [0.5, 0.6) is 0 Å². The fourth-order valence-electron chi connectivity index (χ4n) is 4.53. The molecule has 0 spiro atoms. The Balaban J connectivity index is 1.44. The standard InChI is InChI=1S/C22H34N6O3/c1-17(26-8-2-3-9-26)20(29)23-7-6-19-18(21(30)27-10-4-5-11-27)16-24-22(25-19)28-12-14-31-15-13-28/h16-17H,2-15H2,1H3,(H,23,29). The first-order chi connectivity index (χ1) is 15.1. The molecule has 0 saturated carbocycles. The summed E-state index contributed by atoms with van der Waals surface area (Å²) in [4.78, 5) is 41.1. The van der Waals surface area contributed by atoms with Gasteiger partial charge in [0.25, 0.3) is 5.91 Å². The first kappa shape index (κ1) is 22.0. The summed E-state index contributed by atoms with van der Waals surface area (Å²) in [6.45, 7) is 8.74. The van der Waals surface area contributed by atoms with E-state index in [1.165, 1.54) is 0 Å². The van der Waals surface area contributed by atoms with Crippen LogP contribution in [0.25, 0.3) is 0 Å². The molecule has 0 bridgehead atoms. The third-order valence-corrected chi connectivity index (χ3v) is 6.50. The lowest BCUT2D eigenvalue weighted by atomic mass is 10.1. The maximum Gasteiger partial charge on any atom is 0.257 e. The Morgan fingerprint density at radius 2 is 1.74 bits per heavy atom. The first-order valence-electron chi connectivity index (χ1n) is 11.6. The Morgan fingerprint density at radius 3 is 2.45 bits per heavy atom. The van der Waals surface area contributed by atoms with Crippen LogP contribution in [0.2, 0.25) is 0 Å². The number of nitrogens with zero attached hydrogens (tertiary/aromatic N) is 5. The minimum Gasteiger partial charge on any atom is -0.378 e. The van der Waals surface area contributed by atoms with Gasteiger partial charge in [0.15, 0.2) is 0 Å². The van der Waals surface area contributed by atoms with Crippen molar-refractivity contribution >= 4 is 17.8 Å². The molecule has 1 atom stereocenters. The van der Waals surface area contributed by atoms with Crippen molar-refractivity contribution in [1.29, 1.82) is 0 Å². The zero-order chi connectivity index (χ0) is 21.6. The van der Waals surface area contributed by atoms with E-state index in [1.54, 1.807) is 6.20 Å². The topological polar surface area (TPSA) is 90.9 Å². The zero-order valence-corrected chi connectivity index (χ0v) is 18.5. The Hall–Kier alpha value is -2.26. The first-order valence-corrected chi connectivity index (χ1v) is 11.6. The molecular weight excluding hydrogens is 396 g/mol. The summed E-state index contributed by atoms with van der Waals surface area (Å²) in [6.07, 6.45) is 6.57. The third-order valence-electron chi connectivity index (χ3n) is 6.50. The lowest BCUT2D eigenvalue weighted by molar-refractivity contribution is -0.125. The van der Waals surface area contributed by atoms with Gasteiger partial charge in [-0.05, 0) is 45.7 Å². The van der Waals surface area contributed by atoms with E-state index < -0.39 is 0 Å². The number of carbonyl (C=O) groups excluding carboxylic acids is 2. The van der Waals surface area contributed by atoms with E-state index in [0.717, 1.165) is 65.0 Å². The Labute approximate surface area is 184 Å². The molecule has 0 aliphatic carbocycles. The molecule has 1 N–H and O–H groups in total. The van der Waals surface area contributed by atoms with Crippen LogP contribution < -0.4 is 10.2 Å². The molecule has 9 nitrogen and oxygen atoms in total. The monoisotopic (exact) mass is 430 g/mol. The predicted octanol–water partition coefficient (Wildman–Crippen LogP) is 0.692. The molecule has 1 unspecified atom stereocenters. The number of hydrogen-bond donors (Lipinski definition) is 1. The van der Waals surface area contributed by atoms with Gasteiger partial charge < -0.3 is 19.9 Å². The fraction of sp³-hybridized carbons (Fsp3) is 0.727. The molecule has 31 heavy (non-hydrogen) atoms. The summed E-state index contributed by atoms with van der Waals surface area (Å²) in [6, 6.07) is -0.123. The maximum absolute atomic E-state index is 13.1. The normalized spacial score (nSPS) is 20.8. The summed E-state index contributed by atoms with van der Waals surface area (Å²) < 4.78 is 5.43. The van der Waals surface area contributed by atoms with E-state index in [0.29, 0.717) is 43.4 Å². The van der Waals surface area contributed by atoms with Gasteiger partial charge in [-0.2, -0.15) is 0 Å². The van der Waals surface area contributed by atoms with Crippen LogP contribution in [0.3, 0.4) is 0 Å². The smallest absolute Gasteiger partial charge is 0.257 e. The maximum atomic E-state index is 13.1. The zero-order valence-electron chi connectivity index (χ0n) is 18.5. The Kier molecular flexibility index (Phi) is 7.34. The molecule has 170 valence electrons. The number of aromatic nitrogens is 2. The number of anilines is 1. The summed E-state index contributed by atoms with van der Waals surface area (Å²) in [5.41, 5.74) is 1.27. The van der Waals surface area contributed by atoms with Crippen molar-refractivity contribution in [3.8, 4) is 0 Å². The number of nitrogens with one attached hydrogen (secondary N) is 1.